The lowest BCUT2D eigenvalue weighted by Crippen LogP contribution is -2.33. The number of nitrogens with zero attached hydrogens (tertiary/aromatic N) is 2. The maximum absolute atomic E-state index is 12.4. The first-order chi connectivity index (χ1) is 9.20. The van der Waals surface area contributed by atoms with Crippen LogP contribution in [-0.4, -0.2) is 41.9 Å². The Morgan fingerprint density at radius 2 is 2.05 bits per heavy atom. The van der Waals surface area contributed by atoms with E-state index in [2.05, 4.69) is 11.6 Å². The molecule has 0 unspecified atom stereocenters. The number of hydrogen-bond donors (Lipinski definition) is 1. The minimum Gasteiger partial charge on any atom is -0.478 e. The molecule has 0 radical (unpaired) electrons. The summed E-state index contributed by atoms with van der Waals surface area (Å²) in [4.78, 5) is 14.8. The molecule has 0 amide bonds. The molecule has 0 bridgehead atoms. The zero-order valence-corrected chi connectivity index (χ0v) is 12.6. The molecule has 0 aliphatic heterocycles. The Bertz CT molecular complexity index is 638. The van der Waals surface area contributed by atoms with Gasteiger partial charge in [-0.05, 0) is 26.0 Å². The molecule has 0 aliphatic carbocycles. The summed E-state index contributed by atoms with van der Waals surface area (Å²) in [6, 6.07) is 2.47. The molecule has 1 rings (SSSR count). The predicted molar refractivity (Wildman–Crippen MR) is 75.2 cm³/mol. The first kappa shape index (κ1) is 16.3. The molecule has 1 aromatic heterocycles. The van der Waals surface area contributed by atoms with Crippen molar-refractivity contribution < 1.29 is 18.3 Å². The van der Waals surface area contributed by atoms with Crippen molar-refractivity contribution in [3.05, 3.63) is 35.5 Å². The summed E-state index contributed by atoms with van der Waals surface area (Å²) < 4.78 is 26.1. The minimum absolute atomic E-state index is 0.00750. The molecule has 1 N–H and O–H groups in total. The Hall–Kier alpha value is -1.73. The van der Waals surface area contributed by atoms with E-state index in [1.54, 1.807) is 13.8 Å². The van der Waals surface area contributed by atoms with Gasteiger partial charge in [0.05, 0.1) is 11.3 Å². The lowest BCUT2D eigenvalue weighted by atomic mass is 10.2. The number of carbonyl (C=O) groups is 1. The fourth-order valence-electron chi connectivity index (χ4n) is 1.71. The quantitative estimate of drug-likeness (QED) is 0.807. The second-order valence-corrected chi connectivity index (χ2v) is 6.36. The van der Waals surface area contributed by atoms with Gasteiger partial charge in [-0.15, -0.1) is 0 Å². The van der Waals surface area contributed by atoms with Crippen molar-refractivity contribution >= 4 is 16.0 Å². The van der Waals surface area contributed by atoms with E-state index < -0.39 is 16.0 Å². The molecule has 0 saturated heterocycles. The van der Waals surface area contributed by atoms with Crippen LogP contribution in [0.1, 0.15) is 29.9 Å². The average molecular weight is 298 g/mol. The molecule has 1 heterocycles. The maximum atomic E-state index is 12.4. The van der Waals surface area contributed by atoms with Crippen LogP contribution in [0.15, 0.2) is 29.3 Å². The van der Waals surface area contributed by atoms with Gasteiger partial charge in [-0.1, -0.05) is 19.1 Å². The van der Waals surface area contributed by atoms with E-state index in [-0.39, 0.29) is 29.4 Å². The van der Waals surface area contributed by atoms with E-state index >= 15 is 0 Å². The largest absolute Gasteiger partial charge is 0.478 e. The summed E-state index contributed by atoms with van der Waals surface area (Å²) in [6.45, 7) is 9.13. The predicted octanol–water partition coefficient (Wildman–Crippen LogP) is 1.67. The van der Waals surface area contributed by atoms with Crippen molar-refractivity contribution in [2.45, 2.75) is 25.8 Å². The van der Waals surface area contributed by atoms with Crippen molar-refractivity contribution in [1.82, 2.24) is 9.29 Å². The van der Waals surface area contributed by atoms with Crippen LogP contribution < -0.4 is 0 Å². The molecule has 20 heavy (non-hydrogen) atoms. The van der Waals surface area contributed by atoms with Gasteiger partial charge < -0.3 is 5.11 Å². The summed E-state index contributed by atoms with van der Waals surface area (Å²) in [5, 5.41) is 8.77. The van der Waals surface area contributed by atoms with Crippen LogP contribution in [0.3, 0.4) is 0 Å². The molecule has 110 valence electrons. The fourth-order valence-corrected chi connectivity index (χ4v) is 3.19. The second kappa shape index (κ2) is 6.15. The van der Waals surface area contributed by atoms with Crippen LogP contribution in [0.25, 0.3) is 0 Å². The molecule has 0 spiro atoms. The van der Waals surface area contributed by atoms with Crippen LogP contribution in [-0.2, 0) is 10.0 Å². The zero-order chi connectivity index (χ0) is 15.5. The molecule has 0 saturated carbocycles. The summed E-state index contributed by atoms with van der Waals surface area (Å²) >= 11 is 0. The topological polar surface area (TPSA) is 87.6 Å². The number of carboxylic acid groups (broad SMARTS) is 1. The number of hydrogen-bond acceptors (Lipinski definition) is 4. The summed E-state index contributed by atoms with van der Waals surface area (Å²) in [5.41, 5.74) is 0.881. The third-order valence-electron chi connectivity index (χ3n) is 2.69. The standard InChI is InChI=1S/C13H18N2O4S/c1-5-15(8-9(2)3)20(18,19)12-7-6-11(13(16)17)10(4)14-12/h6-7H,2,5,8H2,1,3-4H3,(H,16,17). The number of pyridine rings is 1. The SMILES string of the molecule is C=C(C)CN(CC)S(=O)(=O)c1ccc(C(=O)O)c(C)n1. The van der Waals surface area contributed by atoms with Crippen molar-refractivity contribution in [3.8, 4) is 0 Å². The molecular weight excluding hydrogens is 280 g/mol. The highest BCUT2D eigenvalue weighted by Gasteiger charge is 2.25. The van der Waals surface area contributed by atoms with E-state index in [1.807, 2.05) is 0 Å². The van der Waals surface area contributed by atoms with E-state index in [0.717, 1.165) is 0 Å². The summed E-state index contributed by atoms with van der Waals surface area (Å²) in [5.74, 6) is -1.13. The van der Waals surface area contributed by atoms with Crippen molar-refractivity contribution in [1.29, 1.82) is 0 Å². The molecule has 0 atom stereocenters. The lowest BCUT2D eigenvalue weighted by Gasteiger charge is -2.20. The minimum atomic E-state index is -3.74. The Kier molecular flexibility index (Phi) is 5.02. The van der Waals surface area contributed by atoms with Gasteiger partial charge in [-0.3, -0.25) is 0 Å². The summed E-state index contributed by atoms with van der Waals surface area (Å²) in [6.07, 6.45) is 0. The average Bonchev–Trinajstić information content (AvgIpc) is 2.34. The van der Waals surface area contributed by atoms with Gasteiger partial charge in [0.1, 0.15) is 0 Å². The Balaban J connectivity index is 3.25. The van der Waals surface area contributed by atoms with E-state index in [0.29, 0.717) is 5.57 Å². The van der Waals surface area contributed by atoms with Crippen LogP contribution in [0.2, 0.25) is 0 Å². The fraction of sp³-hybridized carbons (Fsp3) is 0.385. The van der Waals surface area contributed by atoms with Gasteiger partial charge in [0, 0.05) is 13.1 Å². The normalized spacial score (nSPS) is 11.6. The maximum Gasteiger partial charge on any atom is 0.337 e. The molecule has 1 aromatic rings. The molecule has 0 fully saturated rings. The third kappa shape index (κ3) is 3.43. The second-order valence-electron chi connectivity index (χ2n) is 4.48. The number of aromatic carboxylic acids is 1. The molecule has 7 heteroatoms. The van der Waals surface area contributed by atoms with Gasteiger partial charge in [0.15, 0.2) is 5.03 Å². The summed E-state index contributed by atoms with van der Waals surface area (Å²) in [7, 11) is -3.74. The van der Waals surface area contributed by atoms with Crippen LogP contribution in [0.4, 0.5) is 0 Å². The van der Waals surface area contributed by atoms with E-state index in [1.165, 1.54) is 23.4 Å². The smallest absolute Gasteiger partial charge is 0.337 e. The highest BCUT2D eigenvalue weighted by molar-refractivity contribution is 7.89. The van der Waals surface area contributed by atoms with Gasteiger partial charge in [-0.25, -0.2) is 18.2 Å². The van der Waals surface area contributed by atoms with Crippen LogP contribution in [0.5, 0.6) is 0 Å². The molecule has 0 aliphatic rings. The number of carboxylic acids is 1. The van der Waals surface area contributed by atoms with E-state index in [9.17, 15) is 13.2 Å². The van der Waals surface area contributed by atoms with Gasteiger partial charge in [-0.2, -0.15) is 4.31 Å². The van der Waals surface area contributed by atoms with Crippen molar-refractivity contribution in [2.24, 2.45) is 0 Å². The highest BCUT2D eigenvalue weighted by atomic mass is 32.2. The number of likely N-dealkylation sites (N-methyl/N-ethyl adjacent to an activating group) is 1. The van der Waals surface area contributed by atoms with Crippen LogP contribution >= 0.6 is 0 Å². The number of aromatic nitrogens is 1. The molecule has 6 nitrogen and oxygen atoms in total. The van der Waals surface area contributed by atoms with Crippen LogP contribution in [0, 0.1) is 6.92 Å². The third-order valence-corrected chi connectivity index (χ3v) is 4.52. The highest BCUT2D eigenvalue weighted by Crippen LogP contribution is 2.17. The monoisotopic (exact) mass is 298 g/mol. The zero-order valence-electron chi connectivity index (χ0n) is 11.8. The number of sulfonamides is 1. The van der Waals surface area contributed by atoms with Gasteiger partial charge in [0.25, 0.3) is 10.0 Å². The molecular formula is C13H18N2O4S. The Morgan fingerprint density at radius 3 is 2.45 bits per heavy atom. The molecule has 0 aromatic carbocycles. The lowest BCUT2D eigenvalue weighted by molar-refractivity contribution is 0.0695. The van der Waals surface area contributed by atoms with Gasteiger partial charge in [0.2, 0.25) is 0 Å². The van der Waals surface area contributed by atoms with Crippen molar-refractivity contribution in [3.63, 3.8) is 0 Å². The Labute approximate surface area is 118 Å². The Morgan fingerprint density at radius 1 is 1.45 bits per heavy atom. The first-order valence-electron chi connectivity index (χ1n) is 6.05. The van der Waals surface area contributed by atoms with Crippen molar-refractivity contribution in [2.75, 3.05) is 13.1 Å². The number of aryl methyl sites for hydroxylation is 1. The van der Waals surface area contributed by atoms with Gasteiger partial charge >= 0.3 is 5.97 Å². The first-order valence-corrected chi connectivity index (χ1v) is 7.49. The number of rotatable bonds is 6. The van der Waals surface area contributed by atoms with E-state index in [4.69, 9.17) is 5.11 Å².